The lowest BCUT2D eigenvalue weighted by Crippen LogP contribution is -2.29. The molecule has 1 aromatic carbocycles. The molecular formula is C12H14N2O3. The predicted octanol–water partition coefficient (Wildman–Crippen LogP) is 1.05. The van der Waals surface area contributed by atoms with Crippen LogP contribution in [0.5, 0.6) is 0 Å². The number of rotatable bonds is 4. The van der Waals surface area contributed by atoms with Gasteiger partial charge in [0.1, 0.15) is 6.04 Å². The number of carboxylic acids is 1. The Morgan fingerprint density at radius 3 is 3.00 bits per heavy atom. The van der Waals surface area contributed by atoms with E-state index >= 15 is 0 Å². The van der Waals surface area contributed by atoms with Gasteiger partial charge in [0.05, 0.1) is 6.42 Å². The summed E-state index contributed by atoms with van der Waals surface area (Å²) in [5, 5.41) is 14.3. The number of benzene rings is 1. The first-order valence-electron chi connectivity index (χ1n) is 5.44. The Morgan fingerprint density at radius 1 is 1.53 bits per heavy atom. The molecule has 0 aromatic heterocycles. The third-order valence-electron chi connectivity index (χ3n) is 2.73. The molecule has 5 nitrogen and oxygen atoms in total. The highest BCUT2D eigenvalue weighted by Crippen LogP contribution is 2.31. The van der Waals surface area contributed by atoms with Crippen LogP contribution in [0.3, 0.4) is 0 Å². The number of aliphatic carboxylic acids is 1. The summed E-state index contributed by atoms with van der Waals surface area (Å²) in [6.45, 7) is 2.23. The Labute approximate surface area is 98.8 Å². The van der Waals surface area contributed by atoms with Crippen LogP contribution in [-0.2, 0) is 9.59 Å². The zero-order chi connectivity index (χ0) is 12.4. The van der Waals surface area contributed by atoms with Gasteiger partial charge >= 0.3 is 5.97 Å². The van der Waals surface area contributed by atoms with Gasteiger partial charge < -0.3 is 15.7 Å². The summed E-state index contributed by atoms with van der Waals surface area (Å²) >= 11 is 0. The molecule has 1 aromatic rings. The number of carbonyl (C=O) groups is 2. The highest BCUT2D eigenvalue weighted by molar-refractivity contribution is 6.02. The number of amides is 1. The molecule has 0 radical (unpaired) electrons. The Bertz CT molecular complexity index is 471. The molecule has 0 fully saturated rings. The first-order valence-corrected chi connectivity index (χ1v) is 5.44. The summed E-state index contributed by atoms with van der Waals surface area (Å²) in [5.74, 6) is -1.00. The first-order chi connectivity index (χ1) is 8.08. The molecule has 2 rings (SSSR count). The summed E-state index contributed by atoms with van der Waals surface area (Å²) in [6.07, 6.45) is 0.00489. The zero-order valence-corrected chi connectivity index (χ0v) is 9.49. The average Bonchev–Trinajstić information content (AvgIpc) is 2.55. The van der Waals surface area contributed by atoms with Gasteiger partial charge in [-0.15, -0.1) is 0 Å². The van der Waals surface area contributed by atoms with E-state index in [1.165, 1.54) is 0 Å². The molecule has 3 N–H and O–H groups in total. The minimum Gasteiger partial charge on any atom is -0.481 e. The van der Waals surface area contributed by atoms with Crippen molar-refractivity contribution in [3.8, 4) is 0 Å². The van der Waals surface area contributed by atoms with Gasteiger partial charge in [0, 0.05) is 17.8 Å². The standard InChI is InChI=1S/C12H14N2O3/c1-7-2-3-9-8(6-7)11(12(17)14-9)13-5-4-10(15)16/h2-3,6,11,13H,4-5H2,1H3,(H,14,17)(H,15,16). The molecular weight excluding hydrogens is 220 g/mol. The zero-order valence-electron chi connectivity index (χ0n) is 9.49. The second kappa shape index (κ2) is 4.55. The number of anilines is 1. The predicted molar refractivity (Wildman–Crippen MR) is 62.8 cm³/mol. The van der Waals surface area contributed by atoms with Gasteiger partial charge in [-0.2, -0.15) is 0 Å². The van der Waals surface area contributed by atoms with Crippen LogP contribution < -0.4 is 10.6 Å². The van der Waals surface area contributed by atoms with E-state index in [2.05, 4.69) is 10.6 Å². The maximum absolute atomic E-state index is 11.7. The Morgan fingerprint density at radius 2 is 2.29 bits per heavy atom. The van der Waals surface area contributed by atoms with Crippen LogP contribution in [0, 0.1) is 6.92 Å². The average molecular weight is 234 g/mol. The lowest BCUT2D eigenvalue weighted by molar-refractivity contribution is -0.137. The molecule has 17 heavy (non-hydrogen) atoms. The highest BCUT2D eigenvalue weighted by Gasteiger charge is 2.29. The Balaban J connectivity index is 2.11. The van der Waals surface area contributed by atoms with E-state index in [4.69, 9.17) is 5.11 Å². The molecule has 1 amide bonds. The fourth-order valence-electron chi connectivity index (χ4n) is 1.91. The molecule has 1 aliphatic rings. The number of carboxylic acid groups (broad SMARTS) is 1. The lowest BCUT2D eigenvalue weighted by atomic mass is 10.1. The Kier molecular flexibility index (Phi) is 3.10. The molecule has 0 aliphatic carbocycles. The normalized spacial score (nSPS) is 17.7. The van der Waals surface area contributed by atoms with E-state index in [0.29, 0.717) is 0 Å². The molecule has 1 aliphatic heterocycles. The van der Waals surface area contributed by atoms with E-state index in [-0.39, 0.29) is 18.9 Å². The molecule has 1 heterocycles. The van der Waals surface area contributed by atoms with Crippen LogP contribution in [0.1, 0.15) is 23.6 Å². The number of nitrogens with one attached hydrogen (secondary N) is 2. The summed E-state index contributed by atoms with van der Waals surface area (Å²) in [6, 6.07) is 5.29. The van der Waals surface area contributed by atoms with Crippen molar-refractivity contribution < 1.29 is 14.7 Å². The molecule has 5 heteroatoms. The van der Waals surface area contributed by atoms with Crippen LogP contribution in [0.2, 0.25) is 0 Å². The summed E-state index contributed by atoms with van der Waals surface area (Å²) in [5.41, 5.74) is 2.76. The molecule has 1 unspecified atom stereocenters. The van der Waals surface area contributed by atoms with Crippen molar-refractivity contribution >= 4 is 17.6 Å². The number of aryl methyl sites for hydroxylation is 1. The second-order valence-electron chi connectivity index (χ2n) is 4.11. The van der Waals surface area contributed by atoms with Gasteiger partial charge in [0.2, 0.25) is 5.91 Å². The van der Waals surface area contributed by atoms with Crippen LogP contribution in [0.15, 0.2) is 18.2 Å². The first kappa shape index (κ1) is 11.6. The number of hydrogen-bond acceptors (Lipinski definition) is 3. The molecule has 0 saturated heterocycles. The van der Waals surface area contributed by atoms with Gasteiger partial charge in [-0.3, -0.25) is 9.59 Å². The SMILES string of the molecule is Cc1ccc2c(c1)C(NCCC(=O)O)C(=O)N2. The van der Waals surface area contributed by atoms with Crippen molar-refractivity contribution in [3.63, 3.8) is 0 Å². The highest BCUT2D eigenvalue weighted by atomic mass is 16.4. The van der Waals surface area contributed by atoms with Crippen molar-refractivity contribution in [2.75, 3.05) is 11.9 Å². The molecule has 1 atom stereocenters. The maximum Gasteiger partial charge on any atom is 0.304 e. The van der Waals surface area contributed by atoms with Crippen LogP contribution in [0.4, 0.5) is 5.69 Å². The van der Waals surface area contributed by atoms with E-state index in [9.17, 15) is 9.59 Å². The van der Waals surface area contributed by atoms with Gasteiger partial charge in [0.15, 0.2) is 0 Å². The number of carbonyl (C=O) groups excluding carboxylic acids is 1. The van der Waals surface area contributed by atoms with Gasteiger partial charge in [-0.05, 0) is 13.0 Å². The molecule has 0 spiro atoms. The maximum atomic E-state index is 11.7. The number of hydrogen-bond donors (Lipinski definition) is 3. The van der Waals surface area contributed by atoms with E-state index in [0.717, 1.165) is 16.8 Å². The van der Waals surface area contributed by atoms with Crippen LogP contribution in [0.25, 0.3) is 0 Å². The lowest BCUT2D eigenvalue weighted by Gasteiger charge is -2.10. The van der Waals surface area contributed by atoms with E-state index in [1.807, 2.05) is 25.1 Å². The fourth-order valence-corrected chi connectivity index (χ4v) is 1.91. The summed E-state index contributed by atoms with van der Waals surface area (Å²) in [4.78, 5) is 22.1. The second-order valence-corrected chi connectivity index (χ2v) is 4.11. The van der Waals surface area contributed by atoms with Gasteiger partial charge in [-0.25, -0.2) is 0 Å². The van der Waals surface area contributed by atoms with Crippen LogP contribution >= 0.6 is 0 Å². The van der Waals surface area contributed by atoms with Gasteiger partial charge in [0.25, 0.3) is 0 Å². The van der Waals surface area contributed by atoms with Crippen LogP contribution in [-0.4, -0.2) is 23.5 Å². The van der Waals surface area contributed by atoms with E-state index in [1.54, 1.807) is 0 Å². The topological polar surface area (TPSA) is 78.4 Å². The quantitative estimate of drug-likeness (QED) is 0.727. The largest absolute Gasteiger partial charge is 0.481 e. The molecule has 90 valence electrons. The van der Waals surface area contributed by atoms with Crippen molar-refractivity contribution in [2.45, 2.75) is 19.4 Å². The summed E-state index contributed by atoms with van der Waals surface area (Å²) in [7, 11) is 0. The minimum atomic E-state index is -0.875. The van der Waals surface area contributed by atoms with E-state index < -0.39 is 12.0 Å². The van der Waals surface area contributed by atoms with Crippen molar-refractivity contribution in [1.29, 1.82) is 0 Å². The van der Waals surface area contributed by atoms with Crippen molar-refractivity contribution in [2.24, 2.45) is 0 Å². The monoisotopic (exact) mass is 234 g/mol. The summed E-state index contributed by atoms with van der Waals surface area (Å²) < 4.78 is 0. The fraction of sp³-hybridized carbons (Fsp3) is 0.333. The molecule has 0 saturated carbocycles. The minimum absolute atomic E-state index is 0.00489. The van der Waals surface area contributed by atoms with Crippen molar-refractivity contribution in [3.05, 3.63) is 29.3 Å². The smallest absolute Gasteiger partial charge is 0.304 e. The van der Waals surface area contributed by atoms with Crippen molar-refractivity contribution in [1.82, 2.24) is 5.32 Å². The third kappa shape index (κ3) is 2.45. The Hall–Kier alpha value is -1.88. The molecule has 0 bridgehead atoms. The third-order valence-corrected chi connectivity index (χ3v) is 2.73. The van der Waals surface area contributed by atoms with Gasteiger partial charge in [-0.1, -0.05) is 17.7 Å². The number of fused-ring (bicyclic) bond motifs is 1.